The number of nitrogens with zero attached hydrogens (tertiary/aromatic N) is 1. The molecule has 0 bridgehead atoms. The standard InChI is InChI=1S/C26H31N3O5S/c1-32-13-3-12-29-24(31)21-9-4-18(16-22(21)28-25(29)35)23(30)27-17-26(10-14-34-15-11-26)19-5-7-20(33-2)8-6-19/h4-9,16H,3,10-15,17H2,1-2H3,(H,27,30)(H,28,35). The molecule has 186 valence electrons. The van der Waals surface area contributed by atoms with Crippen LogP contribution in [0.15, 0.2) is 47.3 Å². The van der Waals surface area contributed by atoms with Gasteiger partial charge in [-0.25, -0.2) is 0 Å². The number of hydrogen-bond acceptors (Lipinski definition) is 6. The second-order valence-corrected chi connectivity index (χ2v) is 9.18. The van der Waals surface area contributed by atoms with E-state index in [-0.39, 0.29) is 16.9 Å². The largest absolute Gasteiger partial charge is 0.497 e. The summed E-state index contributed by atoms with van der Waals surface area (Å²) in [5.74, 6) is 0.598. The summed E-state index contributed by atoms with van der Waals surface area (Å²) in [4.78, 5) is 29.1. The Balaban J connectivity index is 1.54. The molecule has 0 spiro atoms. The maximum atomic E-state index is 13.1. The van der Waals surface area contributed by atoms with Gasteiger partial charge < -0.3 is 24.5 Å². The molecule has 1 saturated heterocycles. The molecule has 3 aromatic rings. The van der Waals surface area contributed by atoms with E-state index in [0.29, 0.717) is 60.6 Å². The first kappa shape index (κ1) is 25.1. The number of benzene rings is 2. The molecule has 35 heavy (non-hydrogen) atoms. The molecule has 0 radical (unpaired) electrons. The van der Waals surface area contributed by atoms with Crippen LogP contribution < -0.4 is 15.6 Å². The van der Waals surface area contributed by atoms with Crippen LogP contribution >= 0.6 is 12.2 Å². The van der Waals surface area contributed by atoms with Gasteiger partial charge in [0.15, 0.2) is 4.77 Å². The van der Waals surface area contributed by atoms with E-state index in [1.807, 2.05) is 12.1 Å². The van der Waals surface area contributed by atoms with Crippen LogP contribution in [0.25, 0.3) is 10.9 Å². The molecule has 2 heterocycles. The van der Waals surface area contributed by atoms with Crippen molar-refractivity contribution in [2.24, 2.45) is 0 Å². The van der Waals surface area contributed by atoms with Crippen molar-refractivity contribution in [3.8, 4) is 5.75 Å². The summed E-state index contributed by atoms with van der Waals surface area (Å²) in [5, 5.41) is 3.61. The van der Waals surface area contributed by atoms with E-state index in [2.05, 4.69) is 22.4 Å². The van der Waals surface area contributed by atoms with Gasteiger partial charge in [0.2, 0.25) is 0 Å². The van der Waals surface area contributed by atoms with Crippen LogP contribution in [-0.2, 0) is 21.4 Å². The summed E-state index contributed by atoms with van der Waals surface area (Å²) >= 11 is 5.39. The van der Waals surface area contributed by atoms with Gasteiger partial charge in [0.1, 0.15) is 5.75 Å². The molecule has 0 unspecified atom stereocenters. The smallest absolute Gasteiger partial charge is 0.262 e. The fourth-order valence-electron chi connectivity index (χ4n) is 4.59. The number of fused-ring (bicyclic) bond motifs is 1. The van der Waals surface area contributed by atoms with Crippen molar-refractivity contribution in [1.29, 1.82) is 0 Å². The topological polar surface area (TPSA) is 94.6 Å². The van der Waals surface area contributed by atoms with E-state index < -0.39 is 0 Å². The molecule has 9 heteroatoms. The molecule has 1 aromatic heterocycles. The monoisotopic (exact) mass is 497 g/mol. The Morgan fingerprint density at radius 3 is 2.60 bits per heavy atom. The highest BCUT2D eigenvalue weighted by atomic mass is 32.1. The van der Waals surface area contributed by atoms with Crippen molar-refractivity contribution in [3.63, 3.8) is 0 Å². The number of H-pyrrole nitrogens is 1. The Hall–Kier alpha value is -3.01. The highest BCUT2D eigenvalue weighted by Crippen LogP contribution is 2.35. The van der Waals surface area contributed by atoms with E-state index in [4.69, 9.17) is 26.4 Å². The van der Waals surface area contributed by atoms with Crippen molar-refractivity contribution in [1.82, 2.24) is 14.9 Å². The minimum atomic E-state index is -0.215. The highest BCUT2D eigenvalue weighted by Gasteiger charge is 2.35. The number of hydrogen-bond donors (Lipinski definition) is 2. The lowest BCUT2D eigenvalue weighted by atomic mass is 9.74. The van der Waals surface area contributed by atoms with Crippen molar-refractivity contribution >= 4 is 29.0 Å². The van der Waals surface area contributed by atoms with Gasteiger partial charge in [-0.1, -0.05) is 12.1 Å². The first-order chi connectivity index (χ1) is 17.0. The minimum Gasteiger partial charge on any atom is -0.497 e. The van der Waals surface area contributed by atoms with Gasteiger partial charge in [0.25, 0.3) is 11.5 Å². The molecule has 0 aliphatic carbocycles. The van der Waals surface area contributed by atoms with Gasteiger partial charge in [-0.15, -0.1) is 0 Å². The van der Waals surface area contributed by atoms with E-state index in [9.17, 15) is 9.59 Å². The first-order valence-corrected chi connectivity index (χ1v) is 12.1. The van der Waals surface area contributed by atoms with Crippen LogP contribution in [0.3, 0.4) is 0 Å². The number of carbonyl (C=O) groups is 1. The predicted octanol–water partition coefficient (Wildman–Crippen LogP) is 3.58. The Bertz CT molecular complexity index is 1290. The predicted molar refractivity (Wildman–Crippen MR) is 137 cm³/mol. The molecular formula is C26H31N3O5S. The average molecular weight is 498 g/mol. The Labute approximate surface area is 209 Å². The zero-order valence-corrected chi connectivity index (χ0v) is 20.9. The van der Waals surface area contributed by atoms with Gasteiger partial charge in [-0.2, -0.15) is 0 Å². The third kappa shape index (κ3) is 5.47. The lowest BCUT2D eigenvalue weighted by Crippen LogP contribution is -2.44. The van der Waals surface area contributed by atoms with E-state index in [1.54, 1.807) is 32.4 Å². The normalized spacial score (nSPS) is 15.1. The number of rotatable bonds is 9. The molecule has 1 amide bonds. The molecule has 8 nitrogen and oxygen atoms in total. The molecule has 4 rings (SSSR count). The van der Waals surface area contributed by atoms with E-state index >= 15 is 0 Å². The quantitative estimate of drug-likeness (QED) is 0.347. The number of amides is 1. The number of aromatic amines is 1. The molecule has 0 atom stereocenters. The van der Waals surface area contributed by atoms with E-state index in [0.717, 1.165) is 24.2 Å². The Morgan fingerprint density at radius 2 is 1.91 bits per heavy atom. The molecule has 2 aromatic carbocycles. The molecule has 1 aliphatic heterocycles. The summed E-state index contributed by atoms with van der Waals surface area (Å²) in [7, 11) is 3.27. The van der Waals surface area contributed by atoms with Crippen molar-refractivity contribution < 1.29 is 19.0 Å². The first-order valence-electron chi connectivity index (χ1n) is 11.7. The van der Waals surface area contributed by atoms with Gasteiger partial charge in [0.05, 0.1) is 18.0 Å². The second kappa shape index (κ2) is 11.2. The Kier molecular flexibility index (Phi) is 8.00. The van der Waals surface area contributed by atoms with Crippen molar-refractivity contribution in [2.45, 2.75) is 31.2 Å². The number of carbonyl (C=O) groups excluding carboxylic acids is 1. The number of methoxy groups -OCH3 is 2. The van der Waals surface area contributed by atoms with Gasteiger partial charge >= 0.3 is 0 Å². The third-order valence-electron chi connectivity index (χ3n) is 6.71. The zero-order chi connectivity index (χ0) is 24.8. The number of aromatic nitrogens is 2. The molecule has 0 saturated carbocycles. The second-order valence-electron chi connectivity index (χ2n) is 8.80. The minimum absolute atomic E-state index is 0.174. The molecule has 2 N–H and O–H groups in total. The van der Waals surface area contributed by atoms with Gasteiger partial charge in [-0.3, -0.25) is 14.2 Å². The summed E-state index contributed by atoms with van der Waals surface area (Å²) < 4.78 is 17.8. The summed E-state index contributed by atoms with van der Waals surface area (Å²) in [6, 6.07) is 13.1. The number of nitrogens with one attached hydrogen (secondary N) is 2. The fraction of sp³-hybridized carbons (Fsp3) is 0.423. The summed E-state index contributed by atoms with van der Waals surface area (Å²) in [5.41, 5.74) is 1.78. The van der Waals surface area contributed by atoms with Crippen LogP contribution in [0.2, 0.25) is 0 Å². The molecule has 1 fully saturated rings. The lowest BCUT2D eigenvalue weighted by Gasteiger charge is -2.38. The Morgan fingerprint density at radius 1 is 1.17 bits per heavy atom. The van der Waals surface area contributed by atoms with Crippen LogP contribution in [-0.4, -0.2) is 56.0 Å². The SMILES string of the molecule is COCCCn1c(=S)[nH]c2cc(C(=O)NCC3(c4ccc(OC)cc4)CCOCC3)ccc2c1=O. The van der Waals surface area contributed by atoms with E-state index in [1.165, 1.54) is 4.57 Å². The van der Waals surface area contributed by atoms with Gasteiger partial charge in [0, 0.05) is 51.0 Å². The molecular weight excluding hydrogens is 466 g/mol. The maximum Gasteiger partial charge on any atom is 0.262 e. The average Bonchev–Trinajstić information content (AvgIpc) is 2.89. The summed E-state index contributed by atoms with van der Waals surface area (Å²) in [6.45, 7) is 2.78. The zero-order valence-electron chi connectivity index (χ0n) is 20.1. The van der Waals surface area contributed by atoms with Crippen LogP contribution in [0.5, 0.6) is 5.75 Å². The van der Waals surface area contributed by atoms with Crippen LogP contribution in [0, 0.1) is 4.77 Å². The fourth-order valence-corrected chi connectivity index (χ4v) is 4.88. The van der Waals surface area contributed by atoms with Crippen LogP contribution in [0.4, 0.5) is 0 Å². The summed E-state index contributed by atoms with van der Waals surface area (Å²) in [6.07, 6.45) is 2.31. The maximum absolute atomic E-state index is 13.1. The van der Waals surface area contributed by atoms with Gasteiger partial charge in [-0.05, 0) is 67.4 Å². The van der Waals surface area contributed by atoms with Crippen molar-refractivity contribution in [2.75, 3.05) is 40.6 Å². The number of ether oxygens (including phenoxy) is 3. The highest BCUT2D eigenvalue weighted by molar-refractivity contribution is 7.71. The lowest BCUT2D eigenvalue weighted by molar-refractivity contribution is 0.0487. The van der Waals surface area contributed by atoms with Crippen molar-refractivity contribution in [3.05, 3.63) is 68.7 Å². The molecule has 1 aliphatic rings. The van der Waals surface area contributed by atoms with Crippen LogP contribution in [0.1, 0.15) is 35.2 Å². The third-order valence-corrected chi connectivity index (χ3v) is 7.04.